The van der Waals surface area contributed by atoms with Gasteiger partial charge >= 0.3 is 0 Å². The van der Waals surface area contributed by atoms with Crippen LogP contribution in [0.4, 0.5) is 0 Å². The van der Waals surface area contributed by atoms with Gasteiger partial charge in [-0.3, -0.25) is 10.3 Å². The van der Waals surface area contributed by atoms with Crippen LogP contribution in [0.5, 0.6) is 0 Å². The number of hydrogen-bond donors (Lipinski definition) is 2. The van der Waals surface area contributed by atoms with Crippen molar-refractivity contribution in [2.45, 2.75) is 39.8 Å². The Morgan fingerprint density at radius 3 is 2.75 bits per heavy atom. The predicted octanol–water partition coefficient (Wildman–Crippen LogP) is 1.99. The highest BCUT2D eigenvalue weighted by Gasteiger charge is 2.11. The zero-order chi connectivity index (χ0) is 12.1. The summed E-state index contributed by atoms with van der Waals surface area (Å²) in [6, 6.07) is 0.446. The van der Waals surface area contributed by atoms with Crippen LogP contribution in [-0.2, 0) is 6.54 Å². The highest BCUT2D eigenvalue weighted by molar-refractivity contribution is 7.09. The zero-order valence-corrected chi connectivity index (χ0v) is 11.0. The molecule has 0 saturated heterocycles. The first kappa shape index (κ1) is 13.1. The van der Waals surface area contributed by atoms with E-state index in [2.05, 4.69) is 29.1 Å². The van der Waals surface area contributed by atoms with E-state index in [-0.39, 0.29) is 5.84 Å². The third-order valence-electron chi connectivity index (χ3n) is 2.43. The number of rotatable bonds is 6. The van der Waals surface area contributed by atoms with Crippen LogP contribution in [0.15, 0.2) is 5.38 Å². The van der Waals surface area contributed by atoms with E-state index >= 15 is 0 Å². The molecule has 1 aromatic heterocycles. The molecule has 0 unspecified atom stereocenters. The topological polar surface area (TPSA) is 66.0 Å². The van der Waals surface area contributed by atoms with Gasteiger partial charge in [-0.1, -0.05) is 0 Å². The van der Waals surface area contributed by atoms with E-state index in [4.69, 9.17) is 11.1 Å². The Morgan fingerprint density at radius 1 is 1.62 bits per heavy atom. The van der Waals surface area contributed by atoms with Crippen molar-refractivity contribution in [2.75, 3.05) is 6.54 Å². The van der Waals surface area contributed by atoms with E-state index in [0.29, 0.717) is 12.5 Å². The van der Waals surface area contributed by atoms with Gasteiger partial charge in [-0.2, -0.15) is 0 Å². The molecule has 0 aliphatic heterocycles. The number of thiazole rings is 1. The minimum Gasteiger partial charge on any atom is -0.388 e. The van der Waals surface area contributed by atoms with E-state index < -0.39 is 0 Å². The van der Waals surface area contributed by atoms with Gasteiger partial charge in [0, 0.05) is 30.9 Å². The zero-order valence-electron chi connectivity index (χ0n) is 10.2. The molecule has 90 valence electrons. The third-order valence-corrected chi connectivity index (χ3v) is 3.25. The summed E-state index contributed by atoms with van der Waals surface area (Å²) in [5.74, 6) is 0.250. The Labute approximate surface area is 101 Å². The van der Waals surface area contributed by atoms with Gasteiger partial charge in [0.15, 0.2) is 0 Å². The molecule has 0 aromatic carbocycles. The van der Waals surface area contributed by atoms with E-state index in [0.717, 1.165) is 23.8 Å². The molecule has 1 heterocycles. The van der Waals surface area contributed by atoms with Crippen LogP contribution in [0, 0.1) is 12.3 Å². The Morgan fingerprint density at radius 2 is 2.31 bits per heavy atom. The summed E-state index contributed by atoms with van der Waals surface area (Å²) in [6.45, 7) is 7.99. The van der Waals surface area contributed by atoms with Gasteiger partial charge in [0.05, 0.1) is 16.5 Å². The van der Waals surface area contributed by atoms with Crippen molar-refractivity contribution >= 4 is 17.2 Å². The largest absolute Gasteiger partial charge is 0.388 e. The molecule has 0 amide bonds. The van der Waals surface area contributed by atoms with Crippen molar-refractivity contribution in [3.8, 4) is 0 Å². The smallest absolute Gasteiger partial charge is 0.0918 e. The number of aromatic nitrogens is 1. The third kappa shape index (κ3) is 4.28. The van der Waals surface area contributed by atoms with E-state index in [9.17, 15) is 0 Å². The highest BCUT2D eigenvalue weighted by Crippen LogP contribution is 2.12. The van der Waals surface area contributed by atoms with Gasteiger partial charge in [-0.25, -0.2) is 4.98 Å². The van der Waals surface area contributed by atoms with E-state index in [1.165, 1.54) is 0 Å². The molecule has 4 nitrogen and oxygen atoms in total. The second kappa shape index (κ2) is 5.96. The average molecular weight is 240 g/mol. The maximum absolute atomic E-state index is 7.25. The normalized spacial score (nSPS) is 11.3. The molecule has 0 fully saturated rings. The molecule has 16 heavy (non-hydrogen) atoms. The molecule has 0 atom stereocenters. The summed E-state index contributed by atoms with van der Waals surface area (Å²) in [7, 11) is 0. The molecule has 5 heteroatoms. The Kier molecular flexibility index (Phi) is 4.89. The number of nitrogens with zero attached hydrogens (tertiary/aromatic N) is 2. The molecule has 0 aliphatic carbocycles. The van der Waals surface area contributed by atoms with Crippen molar-refractivity contribution in [1.82, 2.24) is 9.88 Å². The van der Waals surface area contributed by atoms with E-state index in [1.54, 1.807) is 11.3 Å². The number of nitrogens with two attached hydrogens (primary N) is 1. The Hall–Kier alpha value is -0.940. The molecule has 0 radical (unpaired) electrons. The molecule has 1 aromatic rings. The predicted molar refractivity (Wildman–Crippen MR) is 68.9 cm³/mol. The summed E-state index contributed by atoms with van der Waals surface area (Å²) in [6.07, 6.45) is 0.626. The lowest BCUT2D eigenvalue weighted by Crippen LogP contribution is -2.33. The van der Waals surface area contributed by atoms with Crippen molar-refractivity contribution in [1.29, 1.82) is 5.41 Å². The van der Waals surface area contributed by atoms with Crippen LogP contribution < -0.4 is 5.73 Å². The first-order valence-electron chi connectivity index (χ1n) is 5.47. The second-order valence-electron chi connectivity index (χ2n) is 4.20. The summed E-state index contributed by atoms with van der Waals surface area (Å²) >= 11 is 1.68. The SMILES string of the molecule is Cc1nc(CN(CCC(=N)N)C(C)C)cs1. The molecule has 0 bridgehead atoms. The van der Waals surface area contributed by atoms with Gasteiger partial charge in [-0.15, -0.1) is 11.3 Å². The van der Waals surface area contributed by atoms with Crippen LogP contribution in [0.2, 0.25) is 0 Å². The van der Waals surface area contributed by atoms with E-state index in [1.807, 2.05) is 6.92 Å². The van der Waals surface area contributed by atoms with Crippen molar-refractivity contribution < 1.29 is 0 Å². The first-order chi connectivity index (χ1) is 7.49. The lowest BCUT2D eigenvalue weighted by Gasteiger charge is -2.25. The summed E-state index contributed by atoms with van der Waals surface area (Å²) in [4.78, 5) is 6.74. The fourth-order valence-corrected chi connectivity index (χ4v) is 2.08. The maximum Gasteiger partial charge on any atom is 0.0918 e. The highest BCUT2D eigenvalue weighted by atomic mass is 32.1. The number of aryl methyl sites for hydroxylation is 1. The van der Waals surface area contributed by atoms with Crippen molar-refractivity contribution in [3.05, 3.63) is 16.1 Å². The molecule has 0 saturated carbocycles. The fraction of sp³-hybridized carbons (Fsp3) is 0.636. The minimum absolute atomic E-state index is 0.250. The molecule has 3 N–H and O–H groups in total. The Balaban J connectivity index is 2.54. The monoisotopic (exact) mass is 240 g/mol. The van der Waals surface area contributed by atoms with Crippen LogP contribution in [0.3, 0.4) is 0 Å². The lowest BCUT2D eigenvalue weighted by molar-refractivity contribution is 0.216. The van der Waals surface area contributed by atoms with Gasteiger partial charge < -0.3 is 5.73 Å². The molecule has 1 rings (SSSR count). The van der Waals surface area contributed by atoms with Crippen molar-refractivity contribution in [3.63, 3.8) is 0 Å². The second-order valence-corrected chi connectivity index (χ2v) is 5.26. The van der Waals surface area contributed by atoms with Crippen LogP contribution in [-0.4, -0.2) is 28.3 Å². The fourth-order valence-electron chi connectivity index (χ4n) is 1.47. The number of hydrogen-bond acceptors (Lipinski definition) is 4. The summed E-state index contributed by atoms with van der Waals surface area (Å²) in [5, 5.41) is 10.4. The van der Waals surface area contributed by atoms with Gasteiger partial charge in [-0.05, 0) is 20.8 Å². The van der Waals surface area contributed by atoms with Crippen LogP contribution in [0.25, 0.3) is 0 Å². The summed E-state index contributed by atoms with van der Waals surface area (Å²) < 4.78 is 0. The summed E-state index contributed by atoms with van der Waals surface area (Å²) in [5.41, 5.74) is 6.49. The molecule has 0 aliphatic rings. The maximum atomic E-state index is 7.25. The lowest BCUT2D eigenvalue weighted by atomic mass is 10.2. The van der Waals surface area contributed by atoms with Crippen LogP contribution >= 0.6 is 11.3 Å². The van der Waals surface area contributed by atoms with Crippen LogP contribution in [0.1, 0.15) is 31.0 Å². The molecular weight excluding hydrogens is 220 g/mol. The quantitative estimate of drug-likeness (QED) is 0.590. The first-order valence-corrected chi connectivity index (χ1v) is 6.35. The number of amidine groups is 1. The van der Waals surface area contributed by atoms with Gasteiger partial charge in [0.1, 0.15) is 0 Å². The average Bonchev–Trinajstić information content (AvgIpc) is 2.57. The Bertz CT molecular complexity index is 346. The standard InChI is InChI=1S/C11H20N4S/c1-8(2)15(5-4-11(12)13)6-10-7-16-9(3)14-10/h7-8H,4-6H2,1-3H3,(H3,12,13). The molecule has 0 spiro atoms. The minimum atomic E-state index is 0.250. The number of nitrogens with one attached hydrogen (secondary N) is 1. The molecular formula is C11H20N4S. The van der Waals surface area contributed by atoms with Crippen molar-refractivity contribution in [2.24, 2.45) is 5.73 Å². The van der Waals surface area contributed by atoms with Gasteiger partial charge in [0.2, 0.25) is 0 Å². The van der Waals surface area contributed by atoms with Gasteiger partial charge in [0.25, 0.3) is 0 Å².